The van der Waals surface area contributed by atoms with Crippen molar-refractivity contribution in [3.8, 4) is 5.69 Å². The highest BCUT2D eigenvalue weighted by Gasteiger charge is 2.19. The lowest BCUT2D eigenvalue weighted by Crippen LogP contribution is -2.22. The number of anilines is 1. The Labute approximate surface area is 192 Å². The molecule has 9 nitrogen and oxygen atoms in total. The van der Waals surface area contributed by atoms with E-state index in [2.05, 4.69) is 20.7 Å². The van der Waals surface area contributed by atoms with Gasteiger partial charge in [-0.05, 0) is 44.5 Å². The Morgan fingerprint density at radius 1 is 1.09 bits per heavy atom. The van der Waals surface area contributed by atoms with Crippen LogP contribution in [0.4, 0.5) is 5.82 Å². The van der Waals surface area contributed by atoms with Crippen molar-refractivity contribution < 1.29 is 9.32 Å². The van der Waals surface area contributed by atoms with Crippen molar-refractivity contribution in [1.82, 2.24) is 24.3 Å². The summed E-state index contributed by atoms with van der Waals surface area (Å²) >= 11 is 1.23. The number of hydrogen-bond acceptors (Lipinski definition) is 7. The molecule has 3 heterocycles. The summed E-state index contributed by atoms with van der Waals surface area (Å²) in [6.07, 6.45) is 0. The van der Waals surface area contributed by atoms with E-state index >= 15 is 0 Å². The molecule has 0 bridgehead atoms. The molecule has 0 saturated carbocycles. The molecule has 0 radical (unpaired) electrons. The summed E-state index contributed by atoms with van der Waals surface area (Å²) in [5.74, 6) is 1.19. The van der Waals surface area contributed by atoms with Crippen molar-refractivity contribution in [3.05, 3.63) is 75.8 Å². The first kappa shape index (κ1) is 21.0. The third-order valence-corrected chi connectivity index (χ3v) is 6.14. The van der Waals surface area contributed by atoms with Gasteiger partial charge in [0.25, 0.3) is 5.56 Å². The third kappa shape index (κ3) is 3.78. The van der Waals surface area contributed by atoms with Crippen LogP contribution in [0.3, 0.4) is 0 Å². The van der Waals surface area contributed by atoms with Gasteiger partial charge in [0.15, 0.2) is 11.0 Å². The predicted molar refractivity (Wildman–Crippen MR) is 126 cm³/mol. The molecule has 0 aliphatic carbocycles. The predicted octanol–water partition coefficient (Wildman–Crippen LogP) is 3.68. The molecule has 0 aliphatic rings. The summed E-state index contributed by atoms with van der Waals surface area (Å²) in [6, 6.07) is 14.9. The zero-order valence-corrected chi connectivity index (χ0v) is 19.0. The van der Waals surface area contributed by atoms with Crippen LogP contribution < -0.4 is 10.9 Å². The second kappa shape index (κ2) is 8.21. The molecule has 33 heavy (non-hydrogen) atoms. The monoisotopic (exact) mass is 460 g/mol. The number of carbonyl (C=O) groups excluding carboxylic acids is 1. The van der Waals surface area contributed by atoms with E-state index in [0.29, 0.717) is 33.4 Å². The fraction of sp³-hybridized carbons (Fsp3) is 0.174. The molecule has 0 unspecified atom stereocenters. The number of aromatic nitrogens is 5. The van der Waals surface area contributed by atoms with Gasteiger partial charge in [-0.1, -0.05) is 46.7 Å². The van der Waals surface area contributed by atoms with Crippen LogP contribution >= 0.6 is 11.8 Å². The number of para-hydroxylation sites is 1. The molecule has 1 amide bonds. The van der Waals surface area contributed by atoms with Gasteiger partial charge in [0, 0.05) is 6.07 Å². The van der Waals surface area contributed by atoms with Gasteiger partial charge in [0.05, 0.1) is 22.3 Å². The molecular weight excluding hydrogens is 440 g/mol. The molecule has 3 aromatic heterocycles. The molecule has 10 heteroatoms. The van der Waals surface area contributed by atoms with Crippen molar-refractivity contribution in [2.75, 3.05) is 11.1 Å². The minimum absolute atomic E-state index is 0.0870. The van der Waals surface area contributed by atoms with Crippen LogP contribution in [-0.2, 0) is 4.79 Å². The highest BCUT2D eigenvalue weighted by molar-refractivity contribution is 7.99. The average Bonchev–Trinajstić information content (AvgIpc) is 3.39. The molecule has 2 aromatic carbocycles. The first-order valence-corrected chi connectivity index (χ1v) is 11.2. The van der Waals surface area contributed by atoms with Gasteiger partial charge in [-0.25, -0.2) is 4.57 Å². The van der Waals surface area contributed by atoms with Gasteiger partial charge in [-0.2, -0.15) is 0 Å². The second-order valence-electron chi connectivity index (χ2n) is 7.73. The van der Waals surface area contributed by atoms with Crippen LogP contribution in [0.25, 0.3) is 22.4 Å². The van der Waals surface area contributed by atoms with E-state index in [0.717, 1.165) is 16.8 Å². The number of fused-ring (bicyclic) bond motifs is 3. The number of nitrogens with zero attached hydrogens (tertiary/aromatic N) is 5. The van der Waals surface area contributed by atoms with Crippen LogP contribution in [0.5, 0.6) is 0 Å². The number of carbonyl (C=O) groups is 1. The van der Waals surface area contributed by atoms with Gasteiger partial charge in [-0.3, -0.25) is 14.0 Å². The number of amides is 1. The largest absolute Gasteiger partial charge is 0.360 e. The van der Waals surface area contributed by atoms with Crippen molar-refractivity contribution >= 4 is 40.2 Å². The van der Waals surface area contributed by atoms with Crippen molar-refractivity contribution in [2.24, 2.45) is 0 Å². The zero-order chi connectivity index (χ0) is 23.1. The smallest absolute Gasteiger partial charge is 0.267 e. The minimum Gasteiger partial charge on any atom is -0.360 e. The number of hydrogen-bond donors (Lipinski definition) is 1. The van der Waals surface area contributed by atoms with Crippen molar-refractivity contribution in [1.29, 1.82) is 0 Å². The fourth-order valence-corrected chi connectivity index (χ4v) is 4.52. The van der Waals surface area contributed by atoms with Gasteiger partial charge in [0.1, 0.15) is 5.76 Å². The second-order valence-corrected chi connectivity index (χ2v) is 8.67. The van der Waals surface area contributed by atoms with Crippen LogP contribution in [0, 0.1) is 20.8 Å². The van der Waals surface area contributed by atoms with Crippen LogP contribution in [-0.4, -0.2) is 36.0 Å². The lowest BCUT2D eigenvalue weighted by molar-refractivity contribution is -0.113. The number of thioether (sulfide) groups is 1. The lowest BCUT2D eigenvalue weighted by Gasteiger charge is -2.13. The third-order valence-electron chi connectivity index (χ3n) is 5.22. The topological polar surface area (TPSA) is 107 Å². The first-order valence-electron chi connectivity index (χ1n) is 10.2. The summed E-state index contributed by atoms with van der Waals surface area (Å²) in [5.41, 5.74) is 3.30. The summed E-state index contributed by atoms with van der Waals surface area (Å²) in [5, 5.41) is 16.1. The maximum atomic E-state index is 13.5. The van der Waals surface area contributed by atoms with Crippen LogP contribution in [0.15, 0.2) is 63.0 Å². The van der Waals surface area contributed by atoms with Crippen molar-refractivity contribution in [2.45, 2.75) is 25.9 Å². The van der Waals surface area contributed by atoms with Gasteiger partial charge in [-0.15, -0.1) is 10.2 Å². The van der Waals surface area contributed by atoms with Crippen LogP contribution in [0.2, 0.25) is 0 Å². The van der Waals surface area contributed by atoms with E-state index in [1.165, 1.54) is 11.8 Å². The Bertz CT molecular complexity index is 1580. The molecule has 0 aliphatic heterocycles. The zero-order valence-electron chi connectivity index (χ0n) is 18.2. The maximum absolute atomic E-state index is 13.5. The van der Waals surface area contributed by atoms with Crippen LogP contribution in [0.1, 0.15) is 16.9 Å². The highest BCUT2D eigenvalue weighted by Crippen LogP contribution is 2.24. The highest BCUT2D eigenvalue weighted by atomic mass is 32.2. The van der Waals surface area contributed by atoms with Gasteiger partial charge in [0.2, 0.25) is 11.7 Å². The summed E-state index contributed by atoms with van der Waals surface area (Å²) in [4.78, 5) is 25.9. The van der Waals surface area contributed by atoms with E-state index in [1.54, 1.807) is 23.6 Å². The molecule has 1 N–H and O–H groups in total. The number of benzene rings is 2. The Morgan fingerprint density at radius 3 is 2.67 bits per heavy atom. The molecule has 0 fully saturated rings. The van der Waals surface area contributed by atoms with Gasteiger partial charge >= 0.3 is 0 Å². The Balaban J connectivity index is 1.59. The number of nitrogens with one attached hydrogen (secondary N) is 1. The van der Waals surface area contributed by atoms with Crippen molar-refractivity contribution in [3.63, 3.8) is 0 Å². The summed E-state index contributed by atoms with van der Waals surface area (Å²) in [7, 11) is 0. The number of aryl methyl sites for hydroxylation is 3. The molecule has 0 saturated heterocycles. The van der Waals surface area contributed by atoms with E-state index in [1.807, 2.05) is 54.6 Å². The standard InChI is InChI=1S/C23H20N6O3S/c1-13-8-9-17(14(2)10-13)28-21(31)16-6-4-5-7-18(16)29-22(28)25-26-23(29)33-12-20(30)24-19-11-15(3)32-27-19/h4-11H,12H2,1-3H3,(H,24,27,30). The Morgan fingerprint density at radius 2 is 1.91 bits per heavy atom. The van der Waals surface area contributed by atoms with E-state index < -0.39 is 0 Å². The summed E-state index contributed by atoms with van der Waals surface area (Å²) in [6.45, 7) is 5.72. The normalized spacial score (nSPS) is 11.4. The minimum atomic E-state index is -0.253. The Kier molecular flexibility index (Phi) is 5.21. The first-order chi connectivity index (χ1) is 15.9. The fourth-order valence-electron chi connectivity index (χ4n) is 3.78. The molecule has 166 valence electrons. The molecular formula is C23H20N6O3S. The lowest BCUT2D eigenvalue weighted by atomic mass is 10.1. The molecule has 5 aromatic rings. The van der Waals surface area contributed by atoms with Gasteiger partial charge < -0.3 is 9.84 Å². The van der Waals surface area contributed by atoms with E-state index in [-0.39, 0.29) is 17.2 Å². The molecule has 0 atom stereocenters. The van der Waals surface area contributed by atoms with E-state index in [4.69, 9.17) is 4.52 Å². The Hall–Kier alpha value is -3.92. The number of rotatable bonds is 5. The molecule has 0 spiro atoms. The molecule has 5 rings (SSSR count). The average molecular weight is 461 g/mol. The maximum Gasteiger partial charge on any atom is 0.267 e. The quantitative estimate of drug-likeness (QED) is 0.399. The summed E-state index contributed by atoms with van der Waals surface area (Å²) < 4.78 is 8.36. The van der Waals surface area contributed by atoms with E-state index in [9.17, 15) is 9.59 Å². The SMILES string of the molecule is Cc1ccc(-n2c(=O)c3ccccc3n3c(SCC(=O)Nc4cc(C)on4)nnc23)c(C)c1.